The maximum Gasteiger partial charge on any atom is 0.240 e. The minimum atomic E-state index is -0.265. The van der Waals surface area contributed by atoms with Gasteiger partial charge in [0.25, 0.3) is 0 Å². The Labute approximate surface area is 152 Å². The van der Waals surface area contributed by atoms with Gasteiger partial charge in [-0.1, -0.05) is 49.3 Å². The molecule has 4 rings (SSSR count). The van der Waals surface area contributed by atoms with Crippen molar-refractivity contribution in [3.8, 4) is 0 Å². The summed E-state index contributed by atoms with van der Waals surface area (Å²) in [4.78, 5) is 33.3. The molecule has 2 fully saturated rings. The molecule has 2 saturated heterocycles. The van der Waals surface area contributed by atoms with Crippen LogP contribution in [0, 0.1) is 11.8 Å². The van der Waals surface area contributed by atoms with E-state index in [0.29, 0.717) is 37.9 Å². The molecule has 2 aliphatic heterocycles. The van der Waals surface area contributed by atoms with Gasteiger partial charge in [-0.15, -0.1) is 0 Å². The second-order valence-electron chi connectivity index (χ2n) is 7.36. The summed E-state index contributed by atoms with van der Waals surface area (Å²) in [5, 5.41) is 3.96. The van der Waals surface area contributed by atoms with Gasteiger partial charge in [-0.25, -0.2) is 0 Å². The van der Waals surface area contributed by atoms with Gasteiger partial charge in [0.05, 0.1) is 24.9 Å². The number of carbonyl (C=O) groups is 2. The number of hydrogen-bond acceptors (Lipinski definition) is 6. The lowest BCUT2D eigenvalue weighted by molar-refractivity contribution is -0.141. The summed E-state index contributed by atoms with van der Waals surface area (Å²) in [6.07, 6.45) is 0. The molecule has 2 aliphatic rings. The van der Waals surface area contributed by atoms with Crippen LogP contribution in [-0.4, -0.2) is 44.8 Å². The third kappa shape index (κ3) is 3.03. The summed E-state index contributed by atoms with van der Waals surface area (Å²) in [6, 6.07) is 9.62. The van der Waals surface area contributed by atoms with E-state index in [0.717, 1.165) is 5.56 Å². The normalized spacial score (nSPS) is 23.3. The fourth-order valence-electron chi connectivity index (χ4n) is 3.70. The van der Waals surface area contributed by atoms with E-state index in [2.05, 4.69) is 15.0 Å². The van der Waals surface area contributed by atoms with Gasteiger partial charge in [0, 0.05) is 19.0 Å². The molecular weight excluding hydrogens is 332 g/mol. The zero-order valence-corrected chi connectivity index (χ0v) is 15.0. The lowest BCUT2D eigenvalue weighted by Gasteiger charge is -2.19. The molecular formula is C19H22N4O3. The van der Waals surface area contributed by atoms with E-state index in [-0.39, 0.29) is 29.6 Å². The Morgan fingerprint density at radius 3 is 2.31 bits per heavy atom. The van der Waals surface area contributed by atoms with Crippen molar-refractivity contribution in [1.29, 1.82) is 0 Å². The Kier molecular flexibility index (Phi) is 4.32. The smallest absolute Gasteiger partial charge is 0.240 e. The van der Waals surface area contributed by atoms with Gasteiger partial charge in [-0.05, 0) is 5.56 Å². The highest BCUT2D eigenvalue weighted by atomic mass is 16.5. The average molecular weight is 354 g/mol. The third-order valence-electron chi connectivity index (χ3n) is 5.10. The van der Waals surface area contributed by atoms with Crippen molar-refractivity contribution in [2.24, 2.45) is 11.8 Å². The highest BCUT2D eigenvalue weighted by Gasteiger charge is 2.52. The summed E-state index contributed by atoms with van der Waals surface area (Å²) >= 11 is 0. The largest absolute Gasteiger partial charge is 0.338 e. The molecule has 0 N–H and O–H groups in total. The van der Waals surface area contributed by atoms with Crippen molar-refractivity contribution in [2.75, 3.05) is 13.1 Å². The first-order valence-corrected chi connectivity index (χ1v) is 8.97. The molecule has 0 spiro atoms. The second kappa shape index (κ2) is 6.64. The number of rotatable bonds is 5. The standard InChI is InChI=1S/C19H22N4O3/c1-12(2)17-20-16(26-21-17)11-22-9-14-15(10-22)19(25)23(18(14)24)8-13-6-4-3-5-7-13/h3-7,12,14-15H,8-11H2,1-2H3. The molecule has 1 aromatic carbocycles. The number of amides is 2. The summed E-state index contributed by atoms with van der Waals surface area (Å²) < 4.78 is 5.28. The predicted molar refractivity (Wildman–Crippen MR) is 92.6 cm³/mol. The molecule has 2 aromatic rings. The highest BCUT2D eigenvalue weighted by molar-refractivity contribution is 6.05. The van der Waals surface area contributed by atoms with Crippen LogP contribution in [0.4, 0.5) is 0 Å². The topological polar surface area (TPSA) is 79.5 Å². The number of benzene rings is 1. The van der Waals surface area contributed by atoms with Crippen LogP contribution >= 0.6 is 0 Å². The van der Waals surface area contributed by atoms with Crippen LogP contribution in [0.1, 0.15) is 37.0 Å². The summed E-state index contributed by atoms with van der Waals surface area (Å²) in [7, 11) is 0. The third-order valence-corrected chi connectivity index (χ3v) is 5.10. The van der Waals surface area contributed by atoms with Crippen LogP contribution in [0.2, 0.25) is 0 Å². The number of aromatic nitrogens is 2. The SMILES string of the molecule is CC(C)c1noc(CN2CC3C(=O)N(Cc4ccccc4)C(=O)C3C2)n1. The number of nitrogens with zero attached hydrogens (tertiary/aromatic N) is 4. The average Bonchev–Trinajstić information content (AvgIpc) is 3.31. The van der Waals surface area contributed by atoms with Crippen molar-refractivity contribution in [2.45, 2.75) is 32.9 Å². The van der Waals surface area contributed by atoms with E-state index >= 15 is 0 Å². The van der Waals surface area contributed by atoms with E-state index in [1.54, 1.807) is 0 Å². The molecule has 0 aliphatic carbocycles. The molecule has 26 heavy (non-hydrogen) atoms. The van der Waals surface area contributed by atoms with Gasteiger partial charge in [-0.2, -0.15) is 4.98 Å². The van der Waals surface area contributed by atoms with Gasteiger partial charge < -0.3 is 4.52 Å². The Balaban J connectivity index is 1.41. The van der Waals surface area contributed by atoms with Crippen molar-refractivity contribution < 1.29 is 14.1 Å². The quantitative estimate of drug-likeness (QED) is 0.762. The van der Waals surface area contributed by atoms with Gasteiger partial charge in [-0.3, -0.25) is 19.4 Å². The van der Waals surface area contributed by atoms with Crippen LogP contribution in [0.15, 0.2) is 34.9 Å². The van der Waals surface area contributed by atoms with Crippen LogP contribution in [0.25, 0.3) is 0 Å². The highest BCUT2D eigenvalue weighted by Crippen LogP contribution is 2.34. The molecule has 2 unspecified atom stereocenters. The monoisotopic (exact) mass is 354 g/mol. The fraction of sp³-hybridized carbons (Fsp3) is 0.474. The first-order chi connectivity index (χ1) is 12.5. The zero-order chi connectivity index (χ0) is 18.3. The molecule has 7 nitrogen and oxygen atoms in total. The first kappa shape index (κ1) is 16.9. The number of carbonyl (C=O) groups excluding carboxylic acids is 2. The fourth-order valence-corrected chi connectivity index (χ4v) is 3.70. The number of likely N-dealkylation sites (tertiary alicyclic amines) is 2. The van der Waals surface area contributed by atoms with Gasteiger partial charge in [0.1, 0.15) is 0 Å². The Hall–Kier alpha value is -2.54. The van der Waals surface area contributed by atoms with E-state index in [1.165, 1.54) is 4.90 Å². The maximum absolute atomic E-state index is 12.7. The maximum atomic E-state index is 12.7. The zero-order valence-electron chi connectivity index (χ0n) is 15.0. The molecule has 2 atom stereocenters. The lowest BCUT2D eigenvalue weighted by Crippen LogP contribution is -2.35. The molecule has 3 heterocycles. The van der Waals surface area contributed by atoms with Crippen molar-refractivity contribution in [1.82, 2.24) is 19.9 Å². The van der Waals surface area contributed by atoms with E-state index < -0.39 is 0 Å². The first-order valence-electron chi connectivity index (χ1n) is 8.97. The minimum Gasteiger partial charge on any atom is -0.338 e. The predicted octanol–water partition coefficient (Wildman–Crippen LogP) is 1.81. The summed E-state index contributed by atoms with van der Waals surface area (Å²) in [5.41, 5.74) is 0.970. The molecule has 2 amide bonds. The molecule has 0 bridgehead atoms. The second-order valence-corrected chi connectivity index (χ2v) is 7.36. The van der Waals surface area contributed by atoms with Crippen molar-refractivity contribution in [3.63, 3.8) is 0 Å². The molecule has 0 radical (unpaired) electrons. The van der Waals surface area contributed by atoms with Crippen LogP contribution in [-0.2, 0) is 22.7 Å². The Morgan fingerprint density at radius 2 is 1.73 bits per heavy atom. The van der Waals surface area contributed by atoms with E-state index in [1.807, 2.05) is 44.2 Å². The van der Waals surface area contributed by atoms with E-state index in [4.69, 9.17) is 4.52 Å². The van der Waals surface area contributed by atoms with Gasteiger partial charge >= 0.3 is 0 Å². The number of hydrogen-bond donors (Lipinski definition) is 0. The molecule has 136 valence electrons. The van der Waals surface area contributed by atoms with E-state index in [9.17, 15) is 9.59 Å². The van der Waals surface area contributed by atoms with Crippen molar-refractivity contribution in [3.05, 3.63) is 47.6 Å². The van der Waals surface area contributed by atoms with Crippen molar-refractivity contribution >= 4 is 11.8 Å². The molecule has 0 saturated carbocycles. The Morgan fingerprint density at radius 1 is 1.08 bits per heavy atom. The molecule has 1 aromatic heterocycles. The minimum absolute atomic E-state index is 0.0697. The Bertz CT molecular complexity index is 793. The lowest BCUT2D eigenvalue weighted by atomic mass is 10.00. The number of fused-ring (bicyclic) bond motifs is 1. The van der Waals surface area contributed by atoms with Crippen LogP contribution in [0.5, 0.6) is 0 Å². The summed E-state index contributed by atoms with van der Waals surface area (Å²) in [6.45, 7) is 5.96. The van der Waals surface area contributed by atoms with Gasteiger partial charge in [0.15, 0.2) is 5.82 Å². The molecule has 7 heteroatoms. The van der Waals surface area contributed by atoms with Crippen LogP contribution in [0.3, 0.4) is 0 Å². The number of imide groups is 1. The van der Waals surface area contributed by atoms with Crippen LogP contribution < -0.4 is 0 Å². The summed E-state index contributed by atoms with van der Waals surface area (Å²) in [5.74, 6) is 0.757. The van der Waals surface area contributed by atoms with Gasteiger partial charge in [0.2, 0.25) is 17.7 Å².